The van der Waals surface area contributed by atoms with Gasteiger partial charge in [0.05, 0.1) is 26.1 Å². The molecule has 0 aliphatic carbocycles. The maximum atomic E-state index is 14.8. The molecule has 0 bridgehead atoms. The van der Waals surface area contributed by atoms with Gasteiger partial charge in [0.1, 0.15) is 66.2 Å². The lowest BCUT2D eigenvalue weighted by Gasteiger charge is -2.34. The summed E-state index contributed by atoms with van der Waals surface area (Å²) in [6.45, 7) is 1.57. The molecule has 5 rings (SSSR count). The number of nitrogens with one attached hydrogen (secondary N) is 9. The van der Waals surface area contributed by atoms with E-state index in [2.05, 4.69) is 52.8 Å². The predicted molar refractivity (Wildman–Crippen MR) is 361 cm³/mol. The number of amides is 13. The van der Waals surface area contributed by atoms with Gasteiger partial charge in [0, 0.05) is 38.9 Å². The smallest absolute Gasteiger partial charge is 0.246 e. The molecule has 33 nitrogen and oxygen atoms in total. The lowest BCUT2D eigenvalue weighted by atomic mass is 9.97. The number of rotatable bonds is 40. The van der Waals surface area contributed by atoms with Crippen molar-refractivity contribution in [2.45, 2.75) is 164 Å². The molecular weight excluding hydrogens is 1280 g/mol. The van der Waals surface area contributed by atoms with Crippen LogP contribution in [0.15, 0.2) is 89.9 Å². The summed E-state index contributed by atoms with van der Waals surface area (Å²) < 4.78 is 0. The number of phenols is 1. The van der Waals surface area contributed by atoms with Crippen LogP contribution in [0.3, 0.4) is 0 Å². The zero-order chi connectivity index (χ0) is 72.7. The van der Waals surface area contributed by atoms with Gasteiger partial charge >= 0.3 is 0 Å². The summed E-state index contributed by atoms with van der Waals surface area (Å²) in [6, 6.07) is 9.64. The highest BCUT2D eigenvalue weighted by atomic mass is 16.3. The number of phenolic OH excluding ortho intramolecular Hbond substituents is 1. The van der Waals surface area contributed by atoms with Gasteiger partial charge in [-0.3, -0.25) is 67.3 Å². The number of aliphatic hydroxyl groups is 1. The summed E-state index contributed by atoms with van der Waals surface area (Å²) in [5.74, 6) is -11.7. The van der Waals surface area contributed by atoms with Gasteiger partial charge in [-0.1, -0.05) is 93.1 Å². The van der Waals surface area contributed by atoms with Gasteiger partial charge in [0.25, 0.3) is 0 Å². The van der Waals surface area contributed by atoms with Crippen molar-refractivity contribution in [2.24, 2.45) is 45.3 Å². The summed E-state index contributed by atoms with van der Waals surface area (Å²) in [5, 5.41) is 42.9. The molecule has 3 aromatic rings. The van der Waals surface area contributed by atoms with Crippen LogP contribution in [-0.2, 0) is 81.6 Å². The number of hydrogen-bond donors (Lipinski definition) is 17. The SMILES string of the molecule is CC[C@H](C)[C@H](NC(=O)[C@H](CO)NC(=O)CNC(=O)[C@H](CC(N)=O)NC(=O)[C@H](Cc1ccccc1)NC(=O)[C@@H]1CCCN1C(=O)[C@@H]1CCCN1C(=O)[C@H](CCCCN)NC(=O)[C@H](CCCN=C(N)N)NC(=O)[C@H](Cc1ccc(O)cc1)NC(=O)CN)C(=O)N[C@@H](Cc1ccccc1)C(N)=O. The second-order valence-electron chi connectivity index (χ2n) is 24.5. The number of hydrogen-bond acceptors (Lipinski definition) is 18. The fraction of sp³-hybridized carbons (Fsp3) is 0.515. The van der Waals surface area contributed by atoms with Crippen molar-refractivity contribution >= 4 is 82.8 Å². The van der Waals surface area contributed by atoms with Crippen molar-refractivity contribution in [1.29, 1.82) is 0 Å². The molecule has 0 spiro atoms. The first-order valence-electron chi connectivity index (χ1n) is 33.1. The first-order valence-corrected chi connectivity index (χ1v) is 33.1. The first kappa shape index (κ1) is 79.4. The predicted octanol–water partition coefficient (Wildman–Crippen LogP) is -5.06. The minimum atomic E-state index is -1.75. The molecule has 23 N–H and O–H groups in total. The van der Waals surface area contributed by atoms with Crippen LogP contribution >= 0.6 is 0 Å². The van der Waals surface area contributed by atoms with E-state index in [4.69, 9.17) is 34.4 Å². The Bertz CT molecular complexity index is 3290. The topological polar surface area (TPSA) is 546 Å². The van der Waals surface area contributed by atoms with Crippen LogP contribution < -0.4 is 82.3 Å². The highest BCUT2D eigenvalue weighted by molar-refractivity contribution is 6.00. The lowest BCUT2D eigenvalue weighted by Crippen LogP contribution is -2.60. The number of benzene rings is 3. The normalized spacial score (nSPS) is 16.8. The third-order valence-corrected chi connectivity index (χ3v) is 17.0. The Morgan fingerprint density at radius 3 is 1.63 bits per heavy atom. The number of aliphatic imine (C=N–C) groups is 1. The first-order chi connectivity index (χ1) is 47.3. The molecule has 0 saturated carbocycles. The Morgan fingerprint density at radius 2 is 1.06 bits per heavy atom. The van der Waals surface area contributed by atoms with E-state index in [-0.39, 0.29) is 89.3 Å². The van der Waals surface area contributed by atoms with E-state index in [1.165, 1.54) is 21.9 Å². The fourth-order valence-electron chi connectivity index (χ4n) is 11.4. The van der Waals surface area contributed by atoms with Crippen molar-refractivity contribution < 1.29 is 72.5 Å². The Hall–Kier alpha value is -10.3. The Kier molecular flexibility index (Phi) is 32.4. The summed E-state index contributed by atoms with van der Waals surface area (Å²) in [4.78, 5) is 185. The maximum absolute atomic E-state index is 14.8. The van der Waals surface area contributed by atoms with Gasteiger partial charge in [-0.05, 0) is 99.1 Å². The average molecular weight is 1380 g/mol. The molecule has 2 aliphatic heterocycles. The molecule has 2 aliphatic rings. The van der Waals surface area contributed by atoms with Crippen LogP contribution in [0.5, 0.6) is 5.75 Å². The van der Waals surface area contributed by atoms with Crippen molar-refractivity contribution in [3.63, 3.8) is 0 Å². The van der Waals surface area contributed by atoms with E-state index < -0.39 is 169 Å². The zero-order valence-corrected chi connectivity index (χ0v) is 55.8. The number of carbonyl (C=O) groups excluding carboxylic acids is 13. The number of aromatic hydroxyl groups is 1. The number of carbonyl (C=O) groups is 13. The summed E-state index contributed by atoms with van der Waals surface area (Å²) in [7, 11) is 0. The van der Waals surface area contributed by atoms with E-state index >= 15 is 0 Å². The average Bonchev–Trinajstić information content (AvgIpc) is 1.68. The summed E-state index contributed by atoms with van der Waals surface area (Å²) in [6.07, 6.45) is 1.39. The number of nitrogens with zero attached hydrogens (tertiary/aromatic N) is 3. The monoisotopic (exact) mass is 1380 g/mol. The largest absolute Gasteiger partial charge is 0.508 e. The Balaban J connectivity index is 1.28. The highest BCUT2D eigenvalue weighted by Gasteiger charge is 2.45. The maximum Gasteiger partial charge on any atom is 0.246 e. The van der Waals surface area contributed by atoms with E-state index in [9.17, 15) is 72.5 Å². The molecule has 13 amide bonds. The van der Waals surface area contributed by atoms with Gasteiger partial charge in [0.15, 0.2) is 5.96 Å². The number of aliphatic hydroxyl groups excluding tert-OH is 1. The van der Waals surface area contributed by atoms with Crippen LogP contribution in [0.25, 0.3) is 0 Å². The van der Waals surface area contributed by atoms with Crippen LogP contribution in [-0.4, -0.2) is 209 Å². The third kappa shape index (κ3) is 25.6. The Morgan fingerprint density at radius 1 is 0.545 bits per heavy atom. The molecule has 0 unspecified atom stereocenters. The van der Waals surface area contributed by atoms with Crippen LogP contribution in [0, 0.1) is 5.92 Å². The number of primary amides is 2. The molecule has 0 radical (unpaired) electrons. The Labute approximate surface area is 573 Å². The molecule has 540 valence electrons. The molecule has 11 atom stereocenters. The van der Waals surface area contributed by atoms with E-state index in [0.29, 0.717) is 48.8 Å². The fourth-order valence-corrected chi connectivity index (χ4v) is 11.4. The number of likely N-dealkylation sites (tertiary alicyclic amines) is 2. The van der Waals surface area contributed by atoms with Crippen molar-refractivity contribution in [3.8, 4) is 5.75 Å². The molecule has 3 aromatic carbocycles. The van der Waals surface area contributed by atoms with Crippen LogP contribution in [0.2, 0.25) is 0 Å². The zero-order valence-electron chi connectivity index (χ0n) is 55.8. The number of nitrogens with two attached hydrogens (primary N) is 6. The van der Waals surface area contributed by atoms with Crippen molar-refractivity contribution in [3.05, 3.63) is 102 Å². The molecule has 2 heterocycles. The molecule has 99 heavy (non-hydrogen) atoms. The van der Waals surface area contributed by atoms with Gasteiger partial charge < -0.3 is 102 Å². The van der Waals surface area contributed by atoms with Gasteiger partial charge in [-0.2, -0.15) is 0 Å². The standard InChI is InChI=1S/C66H96N18O15/c1-3-38(2)55(63(97)79-45(56(70)90)31-39-15-6-4-7-16-39)82-61(95)49(37-85)76-54(89)36-74-57(91)48(34-52(69)87)80-60(94)47(32-40-17-8-5-9-18-40)81-62(96)50-21-13-29-83(50)65(99)51-22-14-30-84(51)64(98)44(19-10-11-27-67)78-58(92)43(20-12-28-73-66(71)72)77-59(93)46(75-53(88)35-68)33-41-23-25-42(86)26-24-41/h4-9,15-18,23-26,38,43-51,55,85-86H,3,10-14,19-22,27-37,67-68H2,1-2H3,(H2,69,87)(H2,70,90)(H,74,91)(H,75,88)(H,76,89)(H,77,93)(H,78,92)(H,79,97)(H,80,94)(H,81,96)(H,82,95)(H4,71,72,73)/t38-,43-,44-,45-,46-,47-,48-,49-,50-,51-,55-/m0/s1. The van der Waals surface area contributed by atoms with E-state index in [0.717, 1.165) is 0 Å². The van der Waals surface area contributed by atoms with E-state index in [1.54, 1.807) is 86.6 Å². The minimum absolute atomic E-state index is 0.0334. The number of unbranched alkanes of at least 4 members (excludes halogenated alkanes) is 1. The summed E-state index contributed by atoms with van der Waals surface area (Å²) >= 11 is 0. The molecular formula is C66H96N18O15. The van der Waals surface area contributed by atoms with Crippen molar-refractivity contribution in [2.75, 3.05) is 45.9 Å². The van der Waals surface area contributed by atoms with Crippen molar-refractivity contribution in [1.82, 2.24) is 57.7 Å². The van der Waals surface area contributed by atoms with Crippen LogP contribution in [0.4, 0.5) is 0 Å². The quantitative estimate of drug-likeness (QED) is 0.0144. The van der Waals surface area contributed by atoms with Gasteiger partial charge in [0.2, 0.25) is 76.8 Å². The van der Waals surface area contributed by atoms with Crippen LogP contribution in [0.1, 0.15) is 101 Å². The second kappa shape index (κ2) is 40.4. The highest BCUT2D eigenvalue weighted by Crippen LogP contribution is 2.27. The summed E-state index contributed by atoms with van der Waals surface area (Å²) in [5.41, 5.74) is 35.5. The molecule has 33 heteroatoms. The third-order valence-electron chi connectivity index (χ3n) is 17.0. The van der Waals surface area contributed by atoms with E-state index in [1.807, 2.05) is 0 Å². The second-order valence-corrected chi connectivity index (χ2v) is 24.5. The number of guanidine groups is 1. The van der Waals surface area contributed by atoms with Gasteiger partial charge in [-0.15, -0.1) is 0 Å². The minimum Gasteiger partial charge on any atom is -0.508 e. The van der Waals surface area contributed by atoms with Gasteiger partial charge in [-0.25, -0.2) is 0 Å². The molecule has 2 fully saturated rings. The molecule has 0 aromatic heterocycles. The lowest BCUT2D eigenvalue weighted by molar-refractivity contribution is -0.148. The molecule has 2 saturated heterocycles.